The van der Waals surface area contributed by atoms with Crippen LogP contribution in [0.1, 0.15) is 20.3 Å². The fourth-order valence-electron chi connectivity index (χ4n) is 0.604. The van der Waals surface area contributed by atoms with Crippen LogP contribution in [0.15, 0.2) is 22.1 Å². The van der Waals surface area contributed by atoms with Gasteiger partial charge in [0.05, 0.1) is 6.42 Å². The van der Waals surface area contributed by atoms with Gasteiger partial charge in [0.15, 0.2) is 0 Å². The van der Waals surface area contributed by atoms with Crippen LogP contribution >= 0.6 is 11.8 Å². The zero-order valence-electron chi connectivity index (χ0n) is 7.26. The Balaban J connectivity index is 4.37. The summed E-state index contributed by atoms with van der Waals surface area (Å²) in [4.78, 5) is 11.9. The molecule has 68 valence electrons. The molecule has 0 spiro atoms. The van der Waals surface area contributed by atoms with E-state index in [1.807, 2.05) is 6.92 Å². The van der Waals surface area contributed by atoms with E-state index in [9.17, 15) is 4.79 Å². The summed E-state index contributed by atoms with van der Waals surface area (Å²) in [6, 6.07) is 0. The van der Waals surface area contributed by atoms with Crippen molar-refractivity contribution in [2.75, 3.05) is 0 Å². The van der Waals surface area contributed by atoms with Crippen LogP contribution in [0.3, 0.4) is 0 Å². The number of rotatable bonds is 4. The van der Waals surface area contributed by atoms with E-state index in [0.29, 0.717) is 10.6 Å². The Morgan fingerprint density at radius 2 is 2.08 bits per heavy atom. The van der Waals surface area contributed by atoms with Crippen LogP contribution in [0, 0.1) is 0 Å². The molecule has 0 saturated heterocycles. The van der Waals surface area contributed by atoms with Crippen LogP contribution in [-0.2, 0) is 4.79 Å². The Labute approximate surface area is 76.3 Å². The summed E-state index contributed by atoms with van der Waals surface area (Å²) in [6.07, 6.45) is -0.0279. The van der Waals surface area contributed by atoms with E-state index in [2.05, 4.69) is 6.58 Å². The smallest absolute Gasteiger partial charge is 0.308 e. The molecule has 0 fully saturated rings. The molecule has 0 rings (SSSR count). The Hall–Kier alpha value is -0.900. The summed E-state index contributed by atoms with van der Waals surface area (Å²) in [5.41, 5.74) is 6.03. The van der Waals surface area contributed by atoms with E-state index in [-0.39, 0.29) is 6.42 Å². The summed E-state index contributed by atoms with van der Waals surface area (Å²) in [6.45, 7) is 7.17. The van der Waals surface area contributed by atoms with Crippen LogP contribution < -0.4 is 5.73 Å². The molecular formula is C8H13NO2S. The van der Waals surface area contributed by atoms with Gasteiger partial charge in [-0.25, -0.2) is 0 Å². The highest BCUT2D eigenvalue weighted by atomic mass is 32.2. The Morgan fingerprint density at radius 3 is 2.33 bits per heavy atom. The topological polar surface area (TPSA) is 63.3 Å². The Kier molecular flexibility index (Phi) is 4.51. The van der Waals surface area contributed by atoms with Gasteiger partial charge in [-0.15, -0.1) is 0 Å². The molecule has 0 aliphatic rings. The monoisotopic (exact) mass is 187 g/mol. The number of carboxylic acid groups (broad SMARTS) is 1. The van der Waals surface area contributed by atoms with Crippen molar-refractivity contribution in [3.05, 3.63) is 22.1 Å². The van der Waals surface area contributed by atoms with Gasteiger partial charge in [-0.3, -0.25) is 4.79 Å². The second-order valence-electron chi connectivity index (χ2n) is 2.48. The number of nitrogens with two attached hydrogens (primary N) is 1. The second kappa shape index (κ2) is 4.87. The van der Waals surface area contributed by atoms with Gasteiger partial charge in [-0.1, -0.05) is 18.3 Å². The number of thioether (sulfide) groups is 1. The highest BCUT2D eigenvalue weighted by molar-refractivity contribution is 8.06. The van der Waals surface area contributed by atoms with Crippen molar-refractivity contribution in [3.8, 4) is 0 Å². The molecule has 12 heavy (non-hydrogen) atoms. The minimum atomic E-state index is -0.872. The Bertz CT molecular complexity index is 211. The molecule has 0 amide bonds. The van der Waals surface area contributed by atoms with Gasteiger partial charge < -0.3 is 10.8 Å². The van der Waals surface area contributed by atoms with Gasteiger partial charge in [-0.2, -0.15) is 0 Å². The highest BCUT2D eigenvalue weighted by Crippen LogP contribution is 2.27. The number of carbonyl (C=O) groups is 1. The van der Waals surface area contributed by atoms with E-state index >= 15 is 0 Å². The summed E-state index contributed by atoms with van der Waals surface area (Å²) < 4.78 is 0. The number of carboxylic acids is 1. The summed E-state index contributed by atoms with van der Waals surface area (Å²) >= 11 is 1.32. The third-order valence-corrected chi connectivity index (χ3v) is 2.11. The average Bonchev–Trinajstić information content (AvgIpc) is 1.83. The molecule has 0 aliphatic heterocycles. The maximum absolute atomic E-state index is 10.4. The van der Waals surface area contributed by atoms with Crippen molar-refractivity contribution >= 4 is 17.7 Å². The molecule has 0 aromatic heterocycles. The lowest BCUT2D eigenvalue weighted by Gasteiger charge is -2.05. The summed E-state index contributed by atoms with van der Waals surface area (Å²) in [5.74, 6) is -0.872. The predicted octanol–water partition coefficient (Wildman–Crippen LogP) is 1.92. The zero-order chi connectivity index (χ0) is 9.72. The largest absolute Gasteiger partial charge is 0.481 e. The molecule has 0 atom stereocenters. The van der Waals surface area contributed by atoms with Gasteiger partial charge in [0.2, 0.25) is 0 Å². The molecule has 0 unspecified atom stereocenters. The maximum Gasteiger partial charge on any atom is 0.308 e. The van der Waals surface area contributed by atoms with E-state index in [4.69, 9.17) is 10.8 Å². The lowest BCUT2D eigenvalue weighted by molar-refractivity contribution is -0.136. The van der Waals surface area contributed by atoms with Crippen molar-refractivity contribution in [1.29, 1.82) is 0 Å². The maximum atomic E-state index is 10.4. The van der Waals surface area contributed by atoms with Gasteiger partial charge in [0.25, 0.3) is 0 Å². The van der Waals surface area contributed by atoms with Crippen molar-refractivity contribution < 1.29 is 9.90 Å². The Morgan fingerprint density at radius 1 is 1.58 bits per heavy atom. The SMILES string of the molecule is C=C(C)S/C(CC(=O)O)=C(/C)N. The van der Waals surface area contributed by atoms with Gasteiger partial charge in [0.1, 0.15) is 0 Å². The van der Waals surface area contributed by atoms with Gasteiger partial charge >= 0.3 is 5.97 Å². The van der Waals surface area contributed by atoms with Gasteiger partial charge in [-0.05, 0) is 18.8 Å². The number of hydrogen-bond donors (Lipinski definition) is 2. The molecule has 0 aromatic rings. The average molecular weight is 187 g/mol. The van der Waals surface area contributed by atoms with Crippen molar-refractivity contribution in [1.82, 2.24) is 0 Å². The van der Waals surface area contributed by atoms with Gasteiger partial charge in [0, 0.05) is 10.6 Å². The van der Waals surface area contributed by atoms with Crippen LogP contribution in [0.5, 0.6) is 0 Å². The first kappa shape index (κ1) is 11.1. The lowest BCUT2D eigenvalue weighted by Crippen LogP contribution is -2.02. The van der Waals surface area contributed by atoms with Crippen LogP contribution in [-0.4, -0.2) is 11.1 Å². The summed E-state index contributed by atoms with van der Waals surface area (Å²) in [7, 11) is 0. The fraction of sp³-hybridized carbons (Fsp3) is 0.375. The van der Waals surface area contributed by atoms with Crippen molar-refractivity contribution in [2.45, 2.75) is 20.3 Å². The first-order chi connectivity index (χ1) is 5.43. The van der Waals surface area contributed by atoms with E-state index in [1.165, 1.54) is 11.8 Å². The minimum Gasteiger partial charge on any atom is -0.481 e. The molecule has 4 heteroatoms. The fourth-order valence-corrected chi connectivity index (χ4v) is 1.38. The van der Waals surface area contributed by atoms with Crippen LogP contribution in [0.2, 0.25) is 0 Å². The molecule has 0 saturated carbocycles. The first-order valence-corrected chi connectivity index (χ1v) is 4.25. The zero-order valence-corrected chi connectivity index (χ0v) is 8.07. The number of aliphatic carboxylic acids is 1. The molecule has 0 radical (unpaired) electrons. The number of hydrogen-bond acceptors (Lipinski definition) is 3. The van der Waals surface area contributed by atoms with Crippen molar-refractivity contribution in [3.63, 3.8) is 0 Å². The minimum absolute atomic E-state index is 0.0279. The molecular weight excluding hydrogens is 174 g/mol. The third kappa shape index (κ3) is 4.85. The van der Waals surface area contributed by atoms with Crippen molar-refractivity contribution in [2.24, 2.45) is 5.73 Å². The molecule has 0 bridgehead atoms. The molecule has 3 nitrogen and oxygen atoms in total. The summed E-state index contributed by atoms with van der Waals surface area (Å²) in [5, 5.41) is 8.51. The quantitative estimate of drug-likeness (QED) is 0.705. The second-order valence-corrected chi connectivity index (χ2v) is 3.87. The lowest BCUT2D eigenvalue weighted by atomic mass is 10.3. The van der Waals surface area contributed by atoms with E-state index in [0.717, 1.165) is 4.91 Å². The molecule has 0 heterocycles. The third-order valence-electron chi connectivity index (χ3n) is 1.05. The molecule has 3 N–H and O–H groups in total. The van der Waals surface area contributed by atoms with E-state index < -0.39 is 5.97 Å². The standard InChI is InChI=1S/C8H13NO2S/c1-5(2)12-7(6(3)9)4-8(10)11/h1,4,9H2,2-3H3,(H,10,11)/b7-6-. The molecule has 0 aromatic carbocycles. The molecule has 0 aliphatic carbocycles. The highest BCUT2D eigenvalue weighted by Gasteiger charge is 2.06. The van der Waals surface area contributed by atoms with Crippen LogP contribution in [0.4, 0.5) is 0 Å². The van der Waals surface area contributed by atoms with E-state index in [1.54, 1.807) is 6.92 Å². The predicted molar refractivity (Wildman–Crippen MR) is 51.5 cm³/mol. The first-order valence-electron chi connectivity index (χ1n) is 3.44. The normalized spacial score (nSPS) is 12.2. The number of allylic oxidation sites excluding steroid dienone is 2. The van der Waals surface area contributed by atoms with Crippen LogP contribution in [0.25, 0.3) is 0 Å².